The third-order valence-electron chi connectivity index (χ3n) is 3.79. The van der Waals surface area contributed by atoms with Crippen LogP contribution < -0.4 is 0 Å². The van der Waals surface area contributed by atoms with Gasteiger partial charge in [-0.1, -0.05) is 13.3 Å². The third-order valence-corrected chi connectivity index (χ3v) is 4.76. The van der Waals surface area contributed by atoms with Gasteiger partial charge in [0.15, 0.2) is 0 Å². The average molecular weight is 279 g/mol. The minimum absolute atomic E-state index is 0.808. The zero-order valence-electron chi connectivity index (χ0n) is 7.85. The van der Waals surface area contributed by atoms with Crippen molar-refractivity contribution in [1.29, 1.82) is 0 Å². The molecule has 1 heterocycles. The number of rotatable bonds is 1. The Morgan fingerprint density at radius 2 is 1.92 bits per heavy atom. The Balaban J connectivity index is 1.83. The Hall–Kier alpha value is 0.690. The summed E-state index contributed by atoms with van der Waals surface area (Å²) >= 11 is 2.46. The molecule has 0 atom stereocenters. The molecule has 0 aromatic carbocycles. The largest absolute Gasteiger partial charge is 0.248 e. The fraction of sp³-hybridized carbons (Fsp3) is 1.00. The highest BCUT2D eigenvalue weighted by atomic mass is 127. The molecule has 0 aromatic rings. The average Bonchev–Trinajstić information content (AvgIpc) is 2.02. The van der Waals surface area contributed by atoms with Crippen molar-refractivity contribution in [3.05, 3.63) is 0 Å². The highest BCUT2D eigenvalue weighted by Gasteiger charge is 2.44. The molecule has 0 radical (unpaired) electrons. The van der Waals surface area contributed by atoms with Crippen molar-refractivity contribution in [3.8, 4) is 0 Å². The third kappa shape index (κ3) is 1.65. The van der Waals surface area contributed by atoms with Gasteiger partial charge in [-0.05, 0) is 37.0 Å². The lowest BCUT2D eigenvalue weighted by Gasteiger charge is -2.51. The number of piperidine rings is 1. The van der Waals surface area contributed by atoms with E-state index >= 15 is 0 Å². The summed E-state index contributed by atoms with van der Waals surface area (Å²) in [6.45, 7) is 5.00. The van der Waals surface area contributed by atoms with Crippen molar-refractivity contribution in [1.82, 2.24) is 3.11 Å². The monoisotopic (exact) mass is 279 g/mol. The molecule has 70 valence electrons. The molecular formula is C10H18IN. The van der Waals surface area contributed by atoms with Crippen molar-refractivity contribution >= 4 is 22.9 Å². The van der Waals surface area contributed by atoms with Gasteiger partial charge in [0.1, 0.15) is 0 Å². The van der Waals surface area contributed by atoms with Crippen LogP contribution in [0, 0.1) is 11.3 Å². The Kier molecular flexibility index (Phi) is 2.66. The molecule has 0 unspecified atom stereocenters. The lowest BCUT2D eigenvalue weighted by Crippen LogP contribution is -2.44. The van der Waals surface area contributed by atoms with Crippen LogP contribution in [-0.2, 0) is 0 Å². The molecule has 2 rings (SSSR count). The van der Waals surface area contributed by atoms with Gasteiger partial charge < -0.3 is 0 Å². The summed E-state index contributed by atoms with van der Waals surface area (Å²) in [4.78, 5) is 0. The Bertz CT molecular complexity index is 146. The van der Waals surface area contributed by atoms with Gasteiger partial charge >= 0.3 is 0 Å². The summed E-state index contributed by atoms with van der Waals surface area (Å²) in [6, 6.07) is 0. The Morgan fingerprint density at radius 3 is 2.42 bits per heavy atom. The lowest BCUT2D eigenvalue weighted by molar-refractivity contribution is 0.00812. The van der Waals surface area contributed by atoms with E-state index in [9.17, 15) is 0 Å². The molecule has 0 N–H and O–H groups in total. The first-order chi connectivity index (χ1) is 5.74. The zero-order chi connectivity index (χ0) is 8.60. The predicted molar refractivity (Wildman–Crippen MR) is 60.3 cm³/mol. The lowest BCUT2D eigenvalue weighted by atomic mass is 9.57. The van der Waals surface area contributed by atoms with Gasteiger partial charge in [0.2, 0.25) is 0 Å². The van der Waals surface area contributed by atoms with Gasteiger partial charge in [0.25, 0.3) is 0 Å². The number of nitrogens with zero attached hydrogens (tertiary/aromatic N) is 1. The number of hydrogen-bond acceptors (Lipinski definition) is 1. The molecular weight excluding hydrogens is 261 g/mol. The van der Waals surface area contributed by atoms with Crippen LogP contribution in [0.4, 0.5) is 0 Å². The van der Waals surface area contributed by atoms with E-state index in [-0.39, 0.29) is 0 Å². The van der Waals surface area contributed by atoms with Gasteiger partial charge in [0, 0.05) is 36.0 Å². The van der Waals surface area contributed by atoms with Crippen LogP contribution in [0.25, 0.3) is 0 Å². The maximum atomic E-state index is 2.46. The Labute approximate surface area is 89.4 Å². The van der Waals surface area contributed by atoms with E-state index in [4.69, 9.17) is 0 Å². The van der Waals surface area contributed by atoms with Crippen molar-refractivity contribution in [3.63, 3.8) is 0 Å². The van der Waals surface area contributed by atoms with Crippen LogP contribution in [0.5, 0.6) is 0 Å². The van der Waals surface area contributed by atoms with E-state index in [1.165, 1.54) is 45.2 Å². The predicted octanol–water partition coefficient (Wildman–Crippen LogP) is 3.24. The molecule has 0 aromatic heterocycles. The first-order valence-electron chi connectivity index (χ1n) is 5.15. The fourth-order valence-electron chi connectivity index (χ4n) is 2.82. The van der Waals surface area contributed by atoms with E-state index in [0.29, 0.717) is 0 Å². The molecule has 12 heavy (non-hydrogen) atoms. The van der Waals surface area contributed by atoms with Crippen LogP contribution in [0.3, 0.4) is 0 Å². The van der Waals surface area contributed by atoms with Crippen LogP contribution in [0.1, 0.15) is 39.0 Å². The smallest absolute Gasteiger partial charge is 0.0201 e. The van der Waals surface area contributed by atoms with Gasteiger partial charge in [-0.25, -0.2) is 3.11 Å². The van der Waals surface area contributed by atoms with E-state index in [1.807, 2.05) is 0 Å². The maximum Gasteiger partial charge on any atom is 0.0201 e. The van der Waals surface area contributed by atoms with E-state index < -0.39 is 0 Å². The minimum atomic E-state index is 0.808. The highest BCUT2D eigenvalue weighted by molar-refractivity contribution is 14.1. The van der Waals surface area contributed by atoms with Crippen LogP contribution in [0.2, 0.25) is 0 Å². The van der Waals surface area contributed by atoms with E-state index in [1.54, 1.807) is 0 Å². The van der Waals surface area contributed by atoms with E-state index in [2.05, 4.69) is 32.9 Å². The maximum absolute atomic E-state index is 2.46. The summed E-state index contributed by atoms with van der Waals surface area (Å²) in [5, 5.41) is 0. The fourth-order valence-corrected chi connectivity index (χ4v) is 3.30. The van der Waals surface area contributed by atoms with Crippen LogP contribution >= 0.6 is 22.9 Å². The topological polar surface area (TPSA) is 3.24 Å². The Morgan fingerprint density at radius 1 is 1.33 bits per heavy atom. The second kappa shape index (κ2) is 3.45. The second-order valence-electron chi connectivity index (χ2n) is 4.59. The quantitative estimate of drug-likeness (QED) is 0.526. The molecule has 2 heteroatoms. The normalized spacial score (nSPS) is 30.5. The molecule has 0 amide bonds. The van der Waals surface area contributed by atoms with Gasteiger partial charge in [-0.3, -0.25) is 0 Å². The van der Waals surface area contributed by atoms with Crippen molar-refractivity contribution in [2.75, 3.05) is 13.1 Å². The highest BCUT2D eigenvalue weighted by Crippen LogP contribution is 2.53. The number of halogens is 1. The molecule has 1 aliphatic heterocycles. The molecule has 1 saturated carbocycles. The summed E-state index contributed by atoms with van der Waals surface area (Å²) in [5.74, 6) is 1.07. The van der Waals surface area contributed by atoms with Gasteiger partial charge in [0.05, 0.1) is 0 Å². The molecule has 0 bridgehead atoms. The molecule has 2 aliphatic rings. The molecule has 1 aliphatic carbocycles. The van der Waals surface area contributed by atoms with E-state index in [0.717, 1.165) is 11.3 Å². The number of hydrogen-bond donors (Lipinski definition) is 0. The SMILES string of the molecule is CCC1CC2(CCN(I)CC2)C1. The van der Waals surface area contributed by atoms with Crippen molar-refractivity contribution in [2.45, 2.75) is 39.0 Å². The minimum Gasteiger partial charge on any atom is -0.248 e. The van der Waals surface area contributed by atoms with Crippen LogP contribution in [-0.4, -0.2) is 16.2 Å². The second-order valence-corrected chi connectivity index (χ2v) is 5.96. The van der Waals surface area contributed by atoms with Crippen molar-refractivity contribution < 1.29 is 0 Å². The first kappa shape index (κ1) is 9.25. The zero-order valence-corrected chi connectivity index (χ0v) is 10.0. The molecule has 2 fully saturated rings. The van der Waals surface area contributed by atoms with Gasteiger partial charge in [-0.2, -0.15) is 0 Å². The van der Waals surface area contributed by atoms with Crippen LogP contribution in [0.15, 0.2) is 0 Å². The standard InChI is InChI=1S/C10H18IN/c1-2-9-7-10(8-9)3-5-12(11)6-4-10/h9H,2-8H2,1H3. The molecule has 1 saturated heterocycles. The summed E-state index contributed by atoms with van der Waals surface area (Å²) in [7, 11) is 0. The summed E-state index contributed by atoms with van der Waals surface area (Å²) in [5.41, 5.74) is 0.808. The summed E-state index contributed by atoms with van der Waals surface area (Å²) < 4.78 is 2.45. The molecule has 1 nitrogen and oxygen atoms in total. The summed E-state index contributed by atoms with van der Waals surface area (Å²) in [6.07, 6.45) is 7.41. The van der Waals surface area contributed by atoms with Gasteiger partial charge in [-0.15, -0.1) is 0 Å². The molecule has 1 spiro atoms. The first-order valence-corrected chi connectivity index (χ1v) is 6.11. The van der Waals surface area contributed by atoms with Crippen molar-refractivity contribution in [2.24, 2.45) is 11.3 Å².